The van der Waals surface area contributed by atoms with Gasteiger partial charge in [-0.1, -0.05) is 30.3 Å². The van der Waals surface area contributed by atoms with Crippen molar-refractivity contribution in [2.24, 2.45) is 0 Å². The summed E-state index contributed by atoms with van der Waals surface area (Å²) >= 11 is 1.45. The van der Waals surface area contributed by atoms with Crippen molar-refractivity contribution < 1.29 is 14.3 Å². The second-order valence-electron chi connectivity index (χ2n) is 9.00. The lowest BCUT2D eigenvalue weighted by Gasteiger charge is -2.38. The summed E-state index contributed by atoms with van der Waals surface area (Å²) in [5.41, 5.74) is 2.25. The van der Waals surface area contributed by atoms with Crippen LogP contribution in [0.5, 0.6) is 0 Å². The maximum absolute atomic E-state index is 13.3. The van der Waals surface area contributed by atoms with E-state index >= 15 is 0 Å². The zero-order valence-electron chi connectivity index (χ0n) is 19.2. The summed E-state index contributed by atoms with van der Waals surface area (Å²) in [4.78, 5) is 25.7. The number of carbonyl (C=O) groups excluding carboxylic acids is 1. The number of benzene rings is 1. The Balaban J connectivity index is 1.43. The van der Waals surface area contributed by atoms with Crippen LogP contribution in [0.4, 0.5) is 5.82 Å². The van der Waals surface area contributed by atoms with Crippen molar-refractivity contribution in [3.05, 3.63) is 52.7 Å². The molecule has 1 aromatic carbocycles. The number of aromatic nitrogens is 2. The van der Waals surface area contributed by atoms with Crippen LogP contribution in [-0.4, -0.2) is 66.8 Å². The van der Waals surface area contributed by atoms with Crippen molar-refractivity contribution in [2.75, 3.05) is 45.3 Å². The van der Waals surface area contributed by atoms with Gasteiger partial charge in [-0.25, -0.2) is 9.97 Å². The summed E-state index contributed by atoms with van der Waals surface area (Å²) in [6.07, 6.45) is 4.38. The number of ether oxygens (including phenoxy) is 2. The molecule has 4 heterocycles. The molecule has 8 heteroatoms. The first-order valence-electron chi connectivity index (χ1n) is 11.6. The second kappa shape index (κ2) is 9.37. The molecular weight excluding hydrogens is 436 g/mol. The van der Waals surface area contributed by atoms with Gasteiger partial charge in [-0.2, -0.15) is 0 Å². The number of hydrogen-bond donors (Lipinski definition) is 1. The van der Waals surface area contributed by atoms with Gasteiger partial charge in [0.15, 0.2) is 0 Å². The van der Waals surface area contributed by atoms with Crippen LogP contribution in [0.2, 0.25) is 0 Å². The minimum atomic E-state index is -0.0119. The van der Waals surface area contributed by atoms with Gasteiger partial charge in [-0.3, -0.25) is 4.79 Å². The van der Waals surface area contributed by atoms with Crippen LogP contribution in [0.15, 0.2) is 36.7 Å². The summed E-state index contributed by atoms with van der Waals surface area (Å²) in [7, 11) is 1.87. The van der Waals surface area contributed by atoms with Gasteiger partial charge in [0.1, 0.15) is 17.0 Å². The van der Waals surface area contributed by atoms with Crippen molar-refractivity contribution in [1.82, 2.24) is 14.9 Å². The Labute approximate surface area is 198 Å². The number of hydrogen-bond acceptors (Lipinski definition) is 7. The first kappa shape index (κ1) is 22.3. The minimum Gasteiger partial charge on any atom is -0.381 e. The van der Waals surface area contributed by atoms with Crippen LogP contribution >= 0.6 is 11.3 Å². The Morgan fingerprint density at radius 2 is 1.97 bits per heavy atom. The molecule has 1 amide bonds. The maximum Gasteiger partial charge on any atom is 0.264 e. The zero-order valence-corrected chi connectivity index (χ0v) is 20.0. The molecule has 1 N–H and O–H groups in total. The zero-order chi connectivity index (χ0) is 22.8. The summed E-state index contributed by atoms with van der Waals surface area (Å²) in [6.45, 7) is 5.57. The molecule has 0 radical (unpaired) electrons. The predicted molar refractivity (Wildman–Crippen MR) is 130 cm³/mol. The molecule has 7 nitrogen and oxygen atoms in total. The van der Waals surface area contributed by atoms with Gasteiger partial charge in [0.2, 0.25) is 0 Å². The normalized spacial score (nSPS) is 20.1. The molecule has 2 aliphatic heterocycles. The highest BCUT2D eigenvalue weighted by Crippen LogP contribution is 2.38. The summed E-state index contributed by atoms with van der Waals surface area (Å²) < 4.78 is 11.2. The molecule has 1 atom stereocenters. The summed E-state index contributed by atoms with van der Waals surface area (Å²) in [6, 6.07) is 10.8. The molecule has 2 aromatic heterocycles. The van der Waals surface area contributed by atoms with E-state index in [-0.39, 0.29) is 17.4 Å². The van der Waals surface area contributed by atoms with E-state index in [4.69, 9.17) is 9.47 Å². The van der Waals surface area contributed by atoms with Crippen LogP contribution in [0.3, 0.4) is 0 Å². The van der Waals surface area contributed by atoms with Gasteiger partial charge in [0, 0.05) is 38.8 Å². The number of amides is 1. The van der Waals surface area contributed by atoms with Crippen LogP contribution < -0.4 is 5.32 Å². The highest BCUT2D eigenvalue weighted by molar-refractivity contribution is 7.20. The number of carbonyl (C=O) groups is 1. The molecule has 2 aliphatic rings. The lowest BCUT2D eigenvalue weighted by molar-refractivity contribution is 0.0543. The molecule has 174 valence electrons. The number of likely N-dealkylation sites (N-methyl/N-ethyl adjacent to an activating group) is 1. The lowest BCUT2D eigenvalue weighted by Crippen LogP contribution is -2.40. The van der Waals surface area contributed by atoms with Crippen molar-refractivity contribution in [2.45, 2.75) is 37.6 Å². The SMILES string of the molecule is Cc1c(C(=O)N(C)C2CCOC2)sc2ncnc(NCC3(c4ccccc4)CCOCC3)c12. The summed E-state index contributed by atoms with van der Waals surface area (Å²) in [5, 5.41) is 4.57. The lowest BCUT2D eigenvalue weighted by atomic mass is 9.74. The van der Waals surface area contributed by atoms with E-state index in [1.807, 2.05) is 18.9 Å². The maximum atomic E-state index is 13.3. The molecular formula is C25H30N4O3S. The van der Waals surface area contributed by atoms with Crippen LogP contribution in [0, 0.1) is 6.92 Å². The van der Waals surface area contributed by atoms with Gasteiger partial charge in [-0.05, 0) is 37.3 Å². The molecule has 2 fully saturated rings. The fourth-order valence-electron chi connectivity index (χ4n) is 4.94. The van der Waals surface area contributed by atoms with Crippen molar-refractivity contribution in [1.29, 1.82) is 0 Å². The topological polar surface area (TPSA) is 76.6 Å². The van der Waals surface area contributed by atoms with Crippen LogP contribution in [0.1, 0.15) is 40.1 Å². The first-order chi connectivity index (χ1) is 16.1. The van der Waals surface area contributed by atoms with Gasteiger partial charge < -0.3 is 19.7 Å². The number of anilines is 1. The Hall–Kier alpha value is -2.55. The number of nitrogens with zero attached hydrogens (tertiary/aromatic N) is 3. The molecule has 0 bridgehead atoms. The average molecular weight is 467 g/mol. The average Bonchev–Trinajstić information content (AvgIpc) is 3.52. The minimum absolute atomic E-state index is 0.0119. The Bertz CT molecular complexity index is 1120. The van der Waals surface area contributed by atoms with E-state index in [0.29, 0.717) is 13.2 Å². The molecule has 2 saturated heterocycles. The number of nitrogens with one attached hydrogen (secondary N) is 1. The smallest absolute Gasteiger partial charge is 0.264 e. The van der Waals surface area contributed by atoms with Crippen LogP contribution in [-0.2, 0) is 14.9 Å². The van der Waals surface area contributed by atoms with E-state index in [0.717, 1.165) is 65.5 Å². The molecule has 0 spiro atoms. The highest BCUT2D eigenvalue weighted by atomic mass is 32.1. The number of rotatable bonds is 6. The Morgan fingerprint density at radius 1 is 1.18 bits per heavy atom. The standard InChI is InChI=1S/C25H30N4O3S/c1-17-20-22(26-15-25(9-12-31-13-10-25)18-6-4-3-5-7-18)27-16-28-23(20)33-21(17)24(30)29(2)19-8-11-32-14-19/h3-7,16,19H,8-15H2,1-2H3,(H,26,27,28). The van der Waals surface area contributed by atoms with Crippen LogP contribution in [0.25, 0.3) is 10.2 Å². The van der Waals surface area contributed by atoms with Gasteiger partial charge in [0.05, 0.1) is 22.9 Å². The molecule has 0 aliphatic carbocycles. The third kappa shape index (κ3) is 4.23. The molecule has 0 saturated carbocycles. The Kier molecular flexibility index (Phi) is 6.32. The van der Waals surface area contributed by atoms with Crippen molar-refractivity contribution >= 4 is 33.3 Å². The van der Waals surface area contributed by atoms with Crippen molar-refractivity contribution in [3.63, 3.8) is 0 Å². The third-order valence-electron chi connectivity index (χ3n) is 7.13. The summed E-state index contributed by atoms with van der Waals surface area (Å²) in [5.74, 6) is 0.823. The van der Waals surface area contributed by atoms with E-state index in [1.54, 1.807) is 6.33 Å². The quantitative estimate of drug-likeness (QED) is 0.591. The largest absolute Gasteiger partial charge is 0.381 e. The number of thiophene rings is 1. The van der Waals surface area contributed by atoms with E-state index in [1.165, 1.54) is 16.9 Å². The molecule has 3 aromatic rings. The van der Waals surface area contributed by atoms with E-state index < -0.39 is 0 Å². The number of fused-ring (bicyclic) bond motifs is 1. The number of aryl methyl sites for hydroxylation is 1. The van der Waals surface area contributed by atoms with E-state index in [9.17, 15) is 4.79 Å². The van der Waals surface area contributed by atoms with Gasteiger partial charge >= 0.3 is 0 Å². The van der Waals surface area contributed by atoms with Crippen molar-refractivity contribution in [3.8, 4) is 0 Å². The molecule has 33 heavy (non-hydrogen) atoms. The highest BCUT2D eigenvalue weighted by Gasteiger charge is 2.35. The second-order valence-corrected chi connectivity index (χ2v) is 10.0. The first-order valence-corrected chi connectivity index (χ1v) is 12.4. The van der Waals surface area contributed by atoms with Gasteiger partial charge in [-0.15, -0.1) is 11.3 Å². The molecule has 1 unspecified atom stereocenters. The fourth-order valence-corrected chi connectivity index (χ4v) is 6.07. The fraction of sp³-hybridized carbons (Fsp3) is 0.480. The molecule has 5 rings (SSSR count). The predicted octanol–water partition coefficient (Wildman–Crippen LogP) is 4.02. The third-order valence-corrected chi connectivity index (χ3v) is 8.31. The Morgan fingerprint density at radius 3 is 2.70 bits per heavy atom. The monoisotopic (exact) mass is 466 g/mol. The van der Waals surface area contributed by atoms with E-state index in [2.05, 4.69) is 45.6 Å². The van der Waals surface area contributed by atoms with Gasteiger partial charge in [0.25, 0.3) is 5.91 Å².